The fourth-order valence-electron chi connectivity index (χ4n) is 2.75. The van der Waals surface area contributed by atoms with Gasteiger partial charge in [0.05, 0.1) is 0 Å². The molecule has 0 heterocycles. The second-order valence-electron chi connectivity index (χ2n) is 4.97. The zero-order valence-corrected chi connectivity index (χ0v) is 12.7. The van der Waals surface area contributed by atoms with E-state index in [2.05, 4.69) is 36.4 Å². The predicted molar refractivity (Wildman–Crippen MR) is 85.2 cm³/mol. The van der Waals surface area contributed by atoms with Crippen LogP contribution in [-0.4, -0.2) is 20.8 Å². The summed E-state index contributed by atoms with van der Waals surface area (Å²) >= 11 is 0. The fourth-order valence-corrected chi connectivity index (χ4v) is 2.75. The monoisotopic (exact) mass is 285 g/mol. The Morgan fingerprint density at radius 2 is 1.43 bits per heavy atom. The molecule has 112 valence electrons. The van der Waals surface area contributed by atoms with Crippen LogP contribution in [0.15, 0.2) is 54.6 Å². The molecule has 0 radical (unpaired) electrons. The highest BCUT2D eigenvalue weighted by atomic mass is 16.7. The van der Waals surface area contributed by atoms with Gasteiger partial charge in [0.1, 0.15) is 0 Å². The normalized spacial score (nSPS) is 12.6. The Morgan fingerprint density at radius 1 is 0.857 bits per heavy atom. The minimum Gasteiger partial charge on any atom is -0.352 e. The van der Waals surface area contributed by atoms with E-state index in [1.807, 2.05) is 18.2 Å². The molecule has 1 atom stereocenters. The van der Waals surface area contributed by atoms with Crippen LogP contribution in [0.5, 0.6) is 0 Å². The molecule has 0 amide bonds. The molecule has 3 nitrogen and oxygen atoms in total. The molecule has 2 N–H and O–H groups in total. The average molecular weight is 285 g/mol. The lowest BCUT2D eigenvalue weighted by molar-refractivity contribution is -0.106. The van der Waals surface area contributed by atoms with Gasteiger partial charge in [-0.05, 0) is 24.1 Å². The number of methoxy groups -OCH3 is 2. The summed E-state index contributed by atoms with van der Waals surface area (Å²) in [5, 5.41) is 0. The maximum Gasteiger partial charge on any atom is 0.183 e. The minimum atomic E-state index is -0.356. The smallest absolute Gasteiger partial charge is 0.183 e. The molecule has 0 saturated heterocycles. The highest BCUT2D eigenvalue weighted by Crippen LogP contribution is 2.33. The van der Waals surface area contributed by atoms with E-state index in [9.17, 15) is 0 Å². The number of hydrogen-bond acceptors (Lipinski definition) is 3. The van der Waals surface area contributed by atoms with E-state index in [0.717, 1.165) is 12.0 Å². The van der Waals surface area contributed by atoms with Crippen LogP contribution in [0.4, 0.5) is 0 Å². The Kier molecular flexibility index (Phi) is 5.93. The predicted octanol–water partition coefficient (Wildman–Crippen LogP) is 3.46. The molecule has 21 heavy (non-hydrogen) atoms. The zero-order valence-electron chi connectivity index (χ0n) is 12.7. The van der Waals surface area contributed by atoms with Crippen molar-refractivity contribution in [1.29, 1.82) is 0 Å². The molecule has 0 fully saturated rings. The van der Waals surface area contributed by atoms with Crippen LogP contribution in [0.2, 0.25) is 0 Å². The molecular weight excluding hydrogens is 262 g/mol. The van der Waals surface area contributed by atoms with Gasteiger partial charge >= 0.3 is 0 Å². The lowest BCUT2D eigenvalue weighted by Gasteiger charge is -2.24. The Morgan fingerprint density at radius 3 is 2.00 bits per heavy atom. The van der Waals surface area contributed by atoms with Crippen molar-refractivity contribution >= 4 is 0 Å². The van der Waals surface area contributed by atoms with Gasteiger partial charge in [0.25, 0.3) is 0 Å². The Hall–Kier alpha value is -1.68. The van der Waals surface area contributed by atoms with Gasteiger partial charge < -0.3 is 15.2 Å². The van der Waals surface area contributed by atoms with Crippen LogP contribution in [0.25, 0.3) is 0 Å². The first-order chi connectivity index (χ1) is 10.3. The van der Waals surface area contributed by atoms with Crippen LogP contribution < -0.4 is 5.73 Å². The number of rotatable bonds is 7. The molecule has 0 spiro atoms. The Labute approximate surface area is 126 Å². The summed E-state index contributed by atoms with van der Waals surface area (Å²) < 4.78 is 10.9. The lowest BCUT2D eigenvalue weighted by atomic mass is 9.85. The van der Waals surface area contributed by atoms with Gasteiger partial charge in [-0.1, -0.05) is 54.6 Å². The summed E-state index contributed by atoms with van der Waals surface area (Å²) in [5.74, 6) is 0.250. The zero-order chi connectivity index (χ0) is 15.1. The number of hydrogen-bond donors (Lipinski definition) is 1. The van der Waals surface area contributed by atoms with E-state index in [0.29, 0.717) is 6.54 Å². The van der Waals surface area contributed by atoms with Crippen molar-refractivity contribution in [2.24, 2.45) is 5.73 Å². The van der Waals surface area contributed by atoms with Crippen molar-refractivity contribution in [3.05, 3.63) is 71.3 Å². The summed E-state index contributed by atoms with van der Waals surface area (Å²) in [6, 6.07) is 18.7. The molecule has 2 rings (SSSR count). The van der Waals surface area contributed by atoms with E-state index in [-0.39, 0.29) is 12.2 Å². The van der Waals surface area contributed by atoms with Crippen molar-refractivity contribution in [3.8, 4) is 0 Å². The van der Waals surface area contributed by atoms with Crippen LogP contribution in [0.1, 0.15) is 35.3 Å². The number of nitrogens with two attached hydrogens (primary N) is 1. The summed E-state index contributed by atoms with van der Waals surface area (Å²) in [6.07, 6.45) is 0.534. The van der Waals surface area contributed by atoms with Crippen molar-refractivity contribution in [3.63, 3.8) is 0 Å². The van der Waals surface area contributed by atoms with E-state index >= 15 is 0 Å². The summed E-state index contributed by atoms with van der Waals surface area (Å²) in [6.45, 7) is 0.637. The third-order valence-corrected chi connectivity index (χ3v) is 3.71. The van der Waals surface area contributed by atoms with Gasteiger partial charge in [-0.25, -0.2) is 0 Å². The van der Waals surface area contributed by atoms with Gasteiger partial charge in [-0.3, -0.25) is 0 Å². The topological polar surface area (TPSA) is 44.5 Å². The molecule has 0 saturated carbocycles. The van der Waals surface area contributed by atoms with Crippen LogP contribution in [0, 0.1) is 0 Å². The summed E-state index contributed by atoms with van der Waals surface area (Å²) in [4.78, 5) is 0. The fraction of sp³-hybridized carbons (Fsp3) is 0.333. The van der Waals surface area contributed by atoms with Crippen molar-refractivity contribution in [2.75, 3.05) is 20.8 Å². The second kappa shape index (κ2) is 7.93. The molecule has 0 aliphatic rings. The van der Waals surface area contributed by atoms with Crippen molar-refractivity contribution < 1.29 is 9.47 Å². The van der Waals surface area contributed by atoms with Crippen molar-refractivity contribution in [1.82, 2.24) is 0 Å². The third-order valence-electron chi connectivity index (χ3n) is 3.71. The maximum atomic E-state index is 5.83. The first-order valence-corrected chi connectivity index (χ1v) is 7.21. The largest absolute Gasteiger partial charge is 0.352 e. The number of benzene rings is 2. The van der Waals surface area contributed by atoms with Gasteiger partial charge in [0, 0.05) is 25.7 Å². The highest BCUT2D eigenvalue weighted by Gasteiger charge is 2.21. The van der Waals surface area contributed by atoms with E-state index in [1.54, 1.807) is 14.2 Å². The van der Waals surface area contributed by atoms with Gasteiger partial charge in [0.2, 0.25) is 0 Å². The van der Waals surface area contributed by atoms with Crippen LogP contribution in [-0.2, 0) is 9.47 Å². The molecule has 0 aromatic heterocycles. The molecular formula is C18H23NO2. The molecule has 2 aromatic rings. The summed E-state index contributed by atoms with van der Waals surface area (Å²) in [7, 11) is 3.32. The molecule has 0 bridgehead atoms. The van der Waals surface area contributed by atoms with E-state index in [1.165, 1.54) is 11.1 Å². The molecule has 0 aliphatic heterocycles. The lowest BCUT2D eigenvalue weighted by Crippen LogP contribution is -2.14. The van der Waals surface area contributed by atoms with Gasteiger partial charge in [0.15, 0.2) is 6.29 Å². The van der Waals surface area contributed by atoms with Crippen LogP contribution in [0.3, 0.4) is 0 Å². The summed E-state index contributed by atoms with van der Waals surface area (Å²) in [5.41, 5.74) is 9.37. The minimum absolute atomic E-state index is 0.250. The molecule has 3 heteroatoms. The van der Waals surface area contributed by atoms with E-state index < -0.39 is 0 Å². The Balaban J connectivity index is 2.46. The average Bonchev–Trinajstić information content (AvgIpc) is 2.55. The van der Waals surface area contributed by atoms with Crippen LogP contribution >= 0.6 is 0 Å². The van der Waals surface area contributed by atoms with Crippen molar-refractivity contribution in [2.45, 2.75) is 18.6 Å². The quantitative estimate of drug-likeness (QED) is 0.792. The van der Waals surface area contributed by atoms with Gasteiger partial charge in [-0.2, -0.15) is 0 Å². The molecule has 2 aromatic carbocycles. The van der Waals surface area contributed by atoms with E-state index in [4.69, 9.17) is 15.2 Å². The first-order valence-electron chi connectivity index (χ1n) is 7.21. The molecule has 0 unspecified atom stereocenters. The Bertz CT molecular complexity index is 538. The third kappa shape index (κ3) is 3.70. The highest BCUT2D eigenvalue weighted by molar-refractivity contribution is 5.38. The SMILES string of the molecule is COC(OC)c1ccccc1[C@H](CCN)c1ccccc1. The standard InChI is InChI=1S/C18H23NO2/c1-20-18(21-2)17-11-7-6-10-16(17)15(12-13-19)14-8-4-3-5-9-14/h3-11,15,18H,12-13,19H2,1-2H3/t15-/m1/s1. The first kappa shape index (κ1) is 15.7. The van der Waals surface area contributed by atoms with Gasteiger partial charge in [-0.15, -0.1) is 0 Å². The second-order valence-corrected chi connectivity index (χ2v) is 4.97. The number of ether oxygens (including phenoxy) is 2. The maximum absolute atomic E-state index is 5.83. The molecule has 0 aliphatic carbocycles.